The van der Waals surface area contributed by atoms with Crippen molar-refractivity contribution in [3.05, 3.63) is 46.7 Å². The maximum atomic E-state index is 12.0. The van der Waals surface area contributed by atoms with Gasteiger partial charge in [-0.3, -0.25) is 4.72 Å². The van der Waals surface area contributed by atoms with Crippen LogP contribution in [0.15, 0.2) is 46.2 Å². The molecule has 0 radical (unpaired) electrons. The molecule has 8 heteroatoms. The van der Waals surface area contributed by atoms with E-state index in [1.807, 2.05) is 0 Å². The van der Waals surface area contributed by atoms with Gasteiger partial charge in [-0.15, -0.1) is 0 Å². The Morgan fingerprint density at radius 1 is 1.16 bits per heavy atom. The Bertz CT molecular complexity index is 656. The van der Waals surface area contributed by atoms with Crippen LogP contribution in [0.4, 0.5) is 5.82 Å². The lowest BCUT2D eigenvalue weighted by Crippen LogP contribution is -2.15. The number of anilines is 1. The minimum absolute atomic E-state index is 0.0746. The largest absolute Gasteiger partial charge is 0.326 e. The van der Waals surface area contributed by atoms with Crippen molar-refractivity contribution >= 4 is 31.8 Å². The third-order valence-corrected chi connectivity index (χ3v) is 4.01. The van der Waals surface area contributed by atoms with Crippen LogP contribution in [-0.2, 0) is 16.6 Å². The number of hydrogen-bond acceptors (Lipinski definition) is 5. The molecule has 0 fully saturated rings. The van der Waals surface area contributed by atoms with E-state index < -0.39 is 10.0 Å². The lowest BCUT2D eigenvalue weighted by Gasteiger charge is -2.06. The molecule has 0 saturated heterocycles. The summed E-state index contributed by atoms with van der Waals surface area (Å²) in [5.41, 5.74) is 6.19. The van der Waals surface area contributed by atoms with E-state index >= 15 is 0 Å². The highest BCUT2D eigenvalue weighted by atomic mass is 79.9. The molecule has 19 heavy (non-hydrogen) atoms. The van der Waals surface area contributed by atoms with E-state index in [1.54, 1.807) is 18.2 Å². The van der Waals surface area contributed by atoms with Crippen molar-refractivity contribution in [2.24, 2.45) is 5.73 Å². The second-order valence-corrected chi connectivity index (χ2v) is 6.22. The number of halogens is 1. The molecule has 0 saturated carbocycles. The number of nitrogens with one attached hydrogen (secondary N) is 1. The lowest BCUT2D eigenvalue weighted by atomic mass is 10.3. The van der Waals surface area contributed by atoms with Crippen LogP contribution >= 0.6 is 15.9 Å². The maximum Gasteiger partial charge on any atom is 0.280 e. The van der Waals surface area contributed by atoms with Crippen LogP contribution < -0.4 is 10.5 Å². The van der Waals surface area contributed by atoms with Gasteiger partial charge in [0, 0.05) is 23.4 Å². The molecule has 2 aromatic heterocycles. The van der Waals surface area contributed by atoms with Crippen LogP contribution in [0.3, 0.4) is 0 Å². The highest BCUT2D eigenvalue weighted by Crippen LogP contribution is 2.15. The van der Waals surface area contributed by atoms with E-state index in [0.29, 0.717) is 6.54 Å². The monoisotopic (exact) mass is 342 g/mol. The van der Waals surface area contributed by atoms with E-state index in [2.05, 4.69) is 30.6 Å². The second-order valence-electron chi connectivity index (χ2n) is 3.68. The van der Waals surface area contributed by atoms with Crippen molar-refractivity contribution in [3.63, 3.8) is 0 Å². The minimum atomic E-state index is -3.73. The first kappa shape index (κ1) is 13.9. The van der Waals surface area contributed by atoms with Crippen molar-refractivity contribution in [2.45, 2.75) is 11.6 Å². The number of rotatable bonds is 4. The van der Waals surface area contributed by atoms with Gasteiger partial charge >= 0.3 is 0 Å². The molecule has 6 nitrogen and oxygen atoms in total. The van der Waals surface area contributed by atoms with Crippen LogP contribution in [-0.4, -0.2) is 18.4 Å². The molecule has 0 aromatic carbocycles. The van der Waals surface area contributed by atoms with Crippen molar-refractivity contribution in [3.8, 4) is 0 Å². The summed E-state index contributed by atoms with van der Waals surface area (Å²) in [6.07, 6.45) is 2.94. The Morgan fingerprint density at radius 2 is 1.95 bits per heavy atom. The summed E-state index contributed by atoms with van der Waals surface area (Å²) in [5.74, 6) is 0.230. The quantitative estimate of drug-likeness (QED) is 0.877. The van der Waals surface area contributed by atoms with Gasteiger partial charge < -0.3 is 5.73 Å². The van der Waals surface area contributed by atoms with Gasteiger partial charge in [-0.2, -0.15) is 8.42 Å². The summed E-state index contributed by atoms with van der Waals surface area (Å²) < 4.78 is 27.2. The molecule has 0 unspecified atom stereocenters. The number of nitrogens with two attached hydrogens (primary N) is 1. The Morgan fingerprint density at radius 3 is 2.47 bits per heavy atom. The van der Waals surface area contributed by atoms with Gasteiger partial charge in [0.15, 0.2) is 5.03 Å². The first-order valence-electron chi connectivity index (χ1n) is 5.30. The molecule has 3 N–H and O–H groups in total. The first-order valence-corrected chi connectivity index (χ1v) is 7.58. The topological polar surface area (TPSA) is 98.0 Å². The van der Waals surface area contributed by atoms with Gasteiger partial charge in [-0.05, 0) is 39.7 Å². The van der Waals surface area contributed by atoms with E-state index in [9.17, 15) is 8.42 Å². The zero-order valence-electron chi connectivity index (χ0n) is 9.75. The molecule has 0 atom stereocenters. The van der Waals surface area contributed by atoms with Crippen LogP contribution in [0, 0.1) is 0 Å². The fourth-order valence-electron chi connectivity index (χ4n) is 1.32. The van der Waals surface area contributed by atoms with Crippen LogP contribution in [0.25, 0.3) is 0 Å². The third kappa shape index (κ3) is 3.49. The van der Waals surface area contributed by atoms with E-state index in [-0.39, 0.29) is 10.8 Å². The minimum Gasteiger partial charge on any atom is -0.326 e. The molecule has 0 aliphatic heterocycles. The van der Waals surface area contributed by atoms with Crippen molar-refractivity contribution in [1.82, 2.24) is 9.97 Å². The van der Waals surface area contributed by atoms with E-state index in [0.717, 1.165) is 10.0 Å². The zero-order chi connectivity index (χ0) is 13.9. The summed E-state index contributed by atoms with van der Waals surface area (Å²) in [6.45, 7) is 0.315. The fourth-order valence-corrected chi connectivity index (χ4v) is 2.49. The van der Waals surface area contributed by atoms with Crippen molar-refractivity contribution in [2.75, 3.05) is 4.72 Å². The molecule has 0 aliphatic carbocycles. The molecule has 2 rings (SSSR count). The molecule has 2 aromatic rings. The number of hydrogen-bond donors (Lipinski definition) is 2. The van der Waals surface area contributed by atoms with E-state index in [1.165, 1.54) is 18.5 Å². The molecular formula is C11H11BrN4O2S. The normalized spacial score (nSPS) is 11.3. The summed E-state index contributed by atoms with van der Waals surface area (Å²) in [7, 11) is -3.73. The van der Waals surface area contributed by atoms with Crippen LogP contribution in [0.1, 0.15) is 5.56 Å². The summed E-state index contributed by atoms with van der Waals surface area (Å²) >= 11 is 3.22. The molecule has 0 amide bonds. The SMILES string of the molecule is NCc1ccc(S(=O)(=O)Nc2ccc(Br)cn2)nc1. The van der Waals surface area contributed by atoms with Gasteiger partial charge in [0.2, 0.25) is 0 Å². The fraction of sp³-hybridized carbons (Fsp3) is 0.0909. The molecule has 100 valence electrons. The standard InChI is InChI=1S/C11H11BrN4O2S/c12-9-2-3-10(14-7-9)16-19(17,18)11-4-1-8(5-13)6-15-11/h1-4,6-7H,5,13H2,(H,14,16). The molecule has 2 heterocycles. The Balaban J connectivity index is 2.24. The van der Waals surface area contributed by atoms with Gasteiger partial charge in [-0.1, -0.05) is 6.07 Å². The summed E-state index contributed by atoms with van der Waals surface area (Å²) in [5, 5.41) is -0.0746. The first-order chi connectivity index (χ1) is 9.01. The van der Waals surface area contributed by atoms with Crippen molar-refractivity contribution in [1.29, 1.82) is 0 Å². The highest BCUT2D eigenvalue weighted by molar-refractivity contribution is 9.10. The van der Waals surface area contributed by atoms with Crippen LogP contribution in [0.5, 0.6) is 0 Å². The highest BCUT2D eigenvalue weighted by Gasteiger charge is 2.16. The number of sulfonamides is 1. The summed E-state index contributed by atoms with van der Waals surface area (Å²) in [6, 6.07) is 6.27. The Kier molecular flexibility index (Phi) is 4.13. The summed E-state index contributed by atoms with van der Waals surface area (Å²) in [4.78, 5) is 7.81. The lowest BCUT2D eigenvalue weighted by molar-refractivity contribution is 0.597. The van der Waals surface area contributed by atoms with Crippen molar-refractivity contribution < 1.29 is 8.42 Å². The third-order valence-electron chi connectivity index (χ3n) is 2.27. The smallest absolute Gasteiger partial charge is 0.280 e. The molecule has 0 bridgehead atoms. The predicted octanol–water partition coefficient (Wildman–Crippen LogP) is 1.50. The Hall–Kier alpha value is -1.51. The second kappa shape index (κ2) is 5.64. The van der Waals surface area contributed by atoms with Gasteiger partial charge in [0.05, 0.1) is 0 Å². The predicted molar refractivity (Wildman–Crippen MR) is 74.9 cm³/mol. The van der Waals surface area contributed by atoms with Gasteiger partial charge in [0.25, 0.3) is 10.0 Å². The van der Waals surface area contributed by atoms with Gasteiger partial charge in [-0.25, -0.2) is 9.97 Å². The molecule has 0 aliphatic rings. The molecular weight excluding hydrogens is 332 g/mol. The number of aromatic nitrogens is 2. The average molecular weight is 343 g/mol. The van der Waals surface area contributed by atoms with E-state index in [4.69, 9.17) is 5.73 Å². The molecule has 0 spiro atoms. The Labute approximate surface area is 119 Å². The number of nitrogens with zero attached hydrogens (tertiary/aromatic N) is 2. The van der Waals surface area contributed by atoms with Crippen LogP contribution in [0.2, 0.25) is 0 Å². The number of pyridine rings is 2. The average Bonchev–Trinajstić information content (AvgIpc) is 2.41. The van der Waals surface area contributed by atoms with Gasteiger partial charge in [0.1, 0.15) is 5.82 Å². The zero-order valence-corrected chi connectivity index (χ0v) is 12.1. The maximum absolute atomic E-state index is 12.0.